The number of alkyl halides is 2. The fraction of sp³-hybridized carbons (Fsp3) is 0.857. The van der Waals surface area contributed by atoms with E-state index in [-0.39, 0.29) is 5.92 Å². The van der Waals surface area contributed by atoms with Crippen molar-refractivity contribution in [1.82, 2.24) is 0 Å². The first-order valence-electron chi connectivity index (χ1n) is 10.2. The Morgan fingerprint density at radius 1 is 1.00 bits per heavy atom. The molecule has 2 aliphatic carbocycles. The lowest BCUT2D eigenvalue weighted by molar-refractivity contribution is -0.158. The fourth-order valence-corrected chi connectivity index (χ4v) is 4.77. The molecule has 0 amide bonds. The highest BCUT2D eigenvalue weighted by molar-refractivity contribution is 5.77. The minimum absolute atomic E-state index is 0.117. The Morgan fingerprint density at radius 3 is 2.08 bits per heavy atom. The molecule has 0 aromatic heterocycles. The predicted molar refractivity (Wildman–Crippen MR) is 96.8 cm³/mol. The lowest BCUT2D eigenvalue weighted by Gasteiger charge is -2.37. The van der Waals surface area contributed by atoms with E-state index in [1.807, 2.05) is 0 Å². The molecule has 0 spiro atoms. The van der Waals surface area contributed by atoms with Crippen LogP contribution in [-0.2, 0) is 4.79 Å². The van der Waals surface area contributed by atoms with Crippen molar-refractivity contribution < 1.29 is 18.7 Å². The van der Waals surface area contributed by atoms with Gasteiger partial charge in [-0.1, -0.05) is 51.5 Å². The van der Waals surface area contributed by atoms with Gasteiger partial charge in [0.05, 0.1) is 0 Å². The normalized spacial score (nSPS) is 31.3. The van der Waals surface area contributed by atoms with E-state index in [0.717, 1.165) is 43.4 Å². The lowest BCUT2D eigenvalue weighted by atomic mass is 9.68. The Labute approximate surface area is 151 Å². The van der Waals surface area contributed by atoms with E-state index in [1.165, 1.54) is 57.4 Å². The number of hydrogen-bond acceptors (Lipinski definition) is 1. The van der Waals surface area contributed by atoms with Crippen molar-refractivity contribution in [2.45, 2.75) is 89.9 Å². The molecule has 1 N–H and O–H groups in total. The fourth-order valence-electron chi connectivity index (χ4n) is 4.77. The van der Waals surface area contributed by atoms with Gasteiger partial charge in [0.25, 0.3) is 0 Å². The van der Waals surface area contributed by atoms with Crippen molar-refractivity contribution in [3.05, 3.63) is 12.2 Å². The summed E-state index contributed by atoms with van der Waals surface area (Å²) in [7, 11) is 0. The highest BCUT2D eigenvalue weighted by Crippen LogP contribution is 2.42. The summed E-state index contributed by atoms with van der Waals surface area (Å²) >= 11 is 0. The number of allylic oxidation sites excluding steroid dienone is 1. The van der Waals surface area contributed by atoms with E-state index >= 15 is 0 Å². The van der Waals surface area contributed by atoms with Gasteiger partial charge < -0.3 is 5.11 Å². The number of carbonyl (C=O) groups is 1. The molecular weight excluding hydrogens is 322 g/mol. The standard InChI is InChI=1S/C21H34F2O2/c1-2-3-4-5-16-6-10-18(11-7-16)19-12-8-17(9-13-19)14-15-21(22,23)20(24)25/h14-19H,2-13H2,1H3,(H,24,25)/b15-14+. The summed E-state index contributed by atoms with van der Waals surface area (Å²) in [4.78, 5) is 10.5. The van der Waals surface area contributed by atoms with Crippen molar-refractivity contribution in [3.8, 4) is 0 Å². The number of halogens is 2. The molecule has 0 radical (unpaired) electrons. The number of hydrogen-bond donors (Lipinski definition) is 1. The van der Waals surface area contributed by atoms with Crippen molar-refractivity contribution in [3.63, 3.8) is 0 Å². The molecule has 0 unspecified atom stereocenters. The van der Waals surface area contributed by atoms with Gasteiger partial charge in [0.2, 0.25) is 0 Å². The molecule has 0 atom stereocenters. The summed E-state index contributed by atoms with van der Waals surface area (Å²) in [6, 6.07) is 0. The summed E-state index contributed by atoms with van der Waals surface area (Å²) < 4.78 is 26.3. The predicted octanol–water partition coefficient (Wildman–Crippen LogP) is 6.46. The van der Waals surface area contributed by atoms with Crippen molar-refractivity contribution in [2.75, 3.05) is 0 Å². The van der Waals surface area contributed by atoms with Gasteiger partial charge in [-0.2, -0.15) is 8.78 Å². The highest BCUT2D eigenvalue weighted by Gasteiger charge is 2.36. The van der Waals surface area contributed by atoms with Crippen LogP contribution in [0.5, 0.6) is 0 Å². The number of carboxylic acids is 1. The summed E-state index contributed by atoms with van der Waals surface area (Å²) in [5.74, 6) is -3.16. The van der Waals surface area contributed by atoms with Crippen LogP contribution >= 0.6 is 0 Å². The molecule has 0 aliphatic heterocycles. The first kappa shape index (κ1) is 20.4. The molecule has 2 nitrogen and oxygen atoms in total. The van der Waals surface area contributed by atoms with Gasteiger partial charge in [-0.3, -0.25) is 0 Å². The number of aliphatic carboxylic acids is 1. The Kier molecular flexibility index (Phi) is 7.89. The Bertz CT molecular complexity index is 431. The second kappa shape index (κ2) is 9.68. The zero-order chi connectivity index (χ0) is 18.3. The quantitative estimate of drug-likeness (QED) is 0.400. The van der Waals surface area contributed by atoms with Gasteiger partial charge in [0.15, 0.2) is 0 Å². The highest BCUT2D eigenvalue weighted by atomic mass is 19.3. The first-order valence-corrected chi connectivity index (χ1v) is 10.2. The van der Waals surface area contributed by atoms with E-state index in [4.69, 9.17) is 5.11 Å². The third kappa shape index (κ3) is 6.38. The monoisotopic (exact) mass is 356 g/mol. The molecular formula is C21H34F2O2. The van der Waals surface area contributed by atoms with Crippen LogP contribution in [0.3, 0.4) is 0 Å². The minimum atomic E-state index is -3.73. The Morgan fingerprint density at radius 2 is 1.56 bits per heavy atom. The molecule has 25 heavy (non-hydrogen) atoms. The third-order valence-corrected chi connectivity index (χ3v) is 6.45. The van der Waals surface area contributed by atoms with Crippen LogP contribution in [0.4, 0.5) is 8.78 Å². The number of unbranched alkanes of at least 4 members (excludes halogenated alkanes) is 2. The molecule has 144 valence electrons. The first-order chi connectivity index (χ1) is 11.9. The van der Waals surface area contributed by atoms with Crippen LogP contribution in [0.15, 0.2) is 12.2 Å². The third-order valence-electron chi connectivity index (χ3n) is 6.45. The zero-order valence-electron chi connectivity index (χ0n) is 15.6. The van der Waals surface area contributed by atoms with Gasteiger partial charge in [-0.25, -0.2) is 4.79 Å². The van der Waals surface area contributed by atoms with Crippen LogP contribution in [-0.4, -0.2) is 17.0 Å². The Hall–Kier alpha value is -0.930. The summed E-state index contributed by atoms with van der Waals surface area (Å²) in [6.45, 7) is 2.26. The van der Waals surface area contributed by atoms with Gasteiger partial charge >= 0.3 is 11.9 Å². The van der Waals surface area contributed by atoms with E-state index in [2.05, 4.69) is 6.92 Å². The largest absolute Gasteiger partial charge is 0.477 e. The van der Waals surface area contributed by atoms with Crippen molar-refractivity contribution in [1.29, 1.82) is 0 Å². The summed E-state index contributed by atoms with van der Waals surface area (Å²) in [5, 5.41) is 8.47. The average molecular weight is 356 g/mol. The van der Waals surface area contributed by atoms with Gasteiger partial charge in [0.1, 0.15) is 0 Å². The second-order valence-electron chi connectivity index (χ2n) is 8.24. The van der Waals surface area contributed by atoms with Crippen molar-refractivity contribution >= 4 is 5.97 Å². The SMILES string of the molecule is CCCCCC1CCC(C2CCC(/C=C/C(F)(F)C(=O)O)CC2)CC1. The van der Waals surface area contributed by atoms with Crippen LogP contribution < -0.4 is 0 Å². The van der Waals surface area contributed by atoms with Crippen molar-refractivity contribution in [2.24, 2.45) is 23.7 Å². The van der Waals surface area contributed by atoms with Gasteiger partial charge in [-0.05, 0) is 68.3 Å². The molecule has 2 aliphatic rings. The van der Waals surface area contributed by atoms with E-state index < -0.39 is 11.9 Å². The minimum Gasteiger partial charge on any atom is -0.477 e. The maximum atomic E-state index is 13.1. The molecule has 2 saturated carbocycles. The molecule has 4 heteroatoms. The molecule has 0 aromatic rings. The number of carboxylic acid groups (broad SMARTS) is 1. The lowest BCUT2D eigenvalue weighted by Crippen LogP contribution is -2.27. The van der Waals surface area contributed by atoms with Gasteiger partial charge in [0, 0.05) is 0 Å². The topological polar surface area (TPSA) is 37.3 Å². The smallest absolute Gasteiger partial charge is 0.378 e. The maximum absolute atomic E-state index is 13.1. The van der Waals surface area contributed by atoms with Gasteiger partial charge in [-0.15, -0.1) is 0 Å². The second-order valence-corrected chi connectivity index (χ2v) is 8.24. The molecule has 0 heterocycles. The molecule has 0 bridgehead atoms. The molecule has 0 aromatic carbocycles. The van der Waals surface area contributed by atoms with Crippen LogP contribution in [0.25, 0.3) is 0 Å². The average Bonchev–Trinajstić information content (AvgIpc) is 2.61. The number of rotatable bonds is 8. The van der Waals surface area contributed by atoms with E-state index in [9.17, 15) is 13.6 Å². The summed E-state index contributed by atoms with van der Waals surface area (Å²) in [6.07, 6.45) is 17.0. The Balaban J connectivity index is 1.69. The summed E-state index contributed by atoms with van der Waals surface area (Å²) in [5.41, 5.74) is 0. The molecule has 0 saturated heterocycles. The van der Waals surface area contributed by atoms with E-state index in [0.29, 0.717) is 6.08 Å². The van der Waals surface area contributed by atoms with Crippen LogP contribution in [0.1, 0.15) is 84.0 Å². The molecule has 2 rings (SSSR count). The zero-order valence-corrected chi connectivity index (χ0v) is 15.6. The van der Waals surface area contributed by atoms with E-state index in [1.54, 1.807) is 0 Å². The molecule has 2 fully saturated rings. The van der Waals surface area contributed by atoms with Crippen LogP contribution in [0.2, 0.25) is 0 Å². The van der Waals surface area contributed by atoms with Crippen LogP contribution in [0, 0.1) is 23.7 Å². The maximum Gasteiger partial charge on any atom is 0.378 e.